The highest BCUT2D eigenvalue weighted by Crippen LogP contribution is 2.25. The van der Waals surface area contributed by atoms with Crippen LogP contribution < -0.4 is 0 Å². The lowest BCUT2D eigenvalue weighted by Crippen LogP contribution is -2.17. The average Bonchev–Trinajstić information content (AvgIpc) is 2.91. The predicted octanol–water partition coefficient (Wildman–Crippen LogP) is 1.30. The molecule has 0 aliphatic carbocycles. The number of rotatable bonds is 4. The van der Waals surface area contributed by atoms with Gasteiger partial charge in [0.15, 0.2) is 9.84 Å². The molecule has 2 atom stereocenters. The summed E-state index contributed by atoms with van der Waals surface area (Å²) in [7, 11) is -0.985. The maximum absolute atomic E-state index is 11.5. The first kappa shape index (κ1) is 14.5. The third kappa shape index (κ3) is 3.11. The van der Waals surface area contributed by atoms with Gasteiger partial charge in [-0.2, -0.15) is 5.10 Å². The number of hydrogen-bond donors (Lipinski definition) is 1. The van der Waals surface area contributed by atoms with E-state index >= 15 is 0 Å². The van der Waals surface area contributed by atoms with Crippen LogP contribution in [-0.2, 0) is 23.3 Å². The Kier molecular flexibility index (Phi) is 3.75. The van der Waals surface area contributed by atoms with Crippen LogP contribution in [0.15, 0.2) is 24.3 Å². The molecule has 0 spiro atoms. The highest BCUT2D eigenvalue weighted by Gasteiger charge is 2.29. The minimum atomic E-state index is -2.88. The number of nitrogens with zero attached hydrogens (tertiary/aromatic N) is 2. The lowest BCUT2D eigenvalue weighted by molar-refractivity contribution is 0.146. The number of benzene rings is 1. The summed E-state index contributed by atoms with van der Waals surface area (Å²) < 4.78 is 24.7. The van der Waals surface area contributed by atoms with E-state index < -0.39 is 15.9 Å². The van der Waals surface area contributed by atoms with E-state index in [4.69, 9.17) is 0 Å². The summed E-state index contributed by atoms with van der Waals surface area (Å²) >= 11 is 0. The Labute approximate surface area is 124 Å². The van der Waals surface area contributed by atoms with E-state index in [1.807, 2.05) is 36.0 Å². The predicted molar refractivity (Wildman–Crippen MR) is 81.8 cm³/mol. The van der Waals surface area contributed by atoms with Crippen molar-refractivity contribution in [3.63, 3.8) is 0 Å². The molecule has 21 heavy (non-hydrogen) atoms. The van der Waals surface area contributed by atoms with E-state index in [2.05, 4.69) is 5.10 Å². The normalized spacial score (nSPS) is 22.7. The highest BCUT2D eigenvalue weighted by atomic mass is 32.2. The van der Waals surface area contributed by atoms with Crippen molar-refractivity contribution in [3.8, 4) is 0 Å². The third-order valence-electron chi connectivity index (χ3n) is 4.20. The molecule has 1 N–H and O–H groups in total. The number of hydrogen-bond acceptors (Lipinski definition) is 4. The number of sulfone groups is 1. The van der Waals surface area contributed by atoms with E-state index in [1.54, 1.807) is 0 Å². The second-order valence-electron chi connectivity index (χ2n) is 5.95. The van der Waals surface area contributed by atoms with Crippen LogP contribution in [0.5, 0.6) is 0 Å². The van der Waals surface area contributed by atoms with Crippen molar-refractivity contribution in [3.05, 3.63) is 30.0 Å². The van der Waals surface area contributed by atoms with Crippen molar-refractivity contribution in [2.45, 2.75) is 25.4 Å². The van der Waals surface area contributed by atoms with Crippen LogP contribution in [0, 0.1) is 5.92 Å². The fourth-order valence-electron chi connectivity index (χ4n) is 3.19. The van der Waals surface area contributed by atoms with E-state index in [0.29, 0.717) is 19.3 Å². The maximum Gasteiger partial charge on any atom is 0.150 e. The van der Waals surface area contributed by atoms with Crippen molar-refractivity contribution in [1.82, 2.24) is 9.78 Å². The van der Waals surface area contributed by atoms with Crippen LogP contribution in [0.2, 0.25) is 0 Å². The zero-order chi connectivity index (χ0) is 15.0. The Morgan fingerprint density at radius 2 is 2.19 bits per heavy atom. The van der Waals surface area contributed by atoms with Crippen LogP contribution >= 0.6 is 0 Å². The first-order chi connectivity index (χ1) is 9.94. The molecule has 2 unspecified atom stereocenters. The smallest absolute Gasteiger partial charge is 0.150 e. The second-order valence-corrected chi connectivity index (χ2v) is 8.18. The molecule has 0 bridgehead atoms. The molecule has 1 aromatic carbocycles. The monoisotopic (exact) mass is 308 g/mol. The summed E-state index contributed by atoms with van der Waals surface area (Å²) in [4.78, 5) is 0. The van der Waals surface area contributed by atoms with Crippen molar-refractivity contribution >= 4 is 20.7 Å². The molecular weight excluding hydrogens is 288 g/mol. The zero-order valence-corrected chi connectivity index (χ0v) is 12.9. The van der Waals surface area contributed by atoms with Crippen LogP contribution in [0.1, 0.15) is 18.5 Å². The number of aryl methyl sites for hydroxylation is 1. The van der Waals surface area contributed by atoms with Gasteiger partial charge in [0.25, 0.3) is 0 Å². The van der Waals surface area contributed by atoms with E-state index in [0.717, 1.165) is 16.6 Å². The standard InChI is InChI=1S/C15H20N2O3S/c1-17-15-5-3-2-4-13(15)14(16-17)9-12(18)8-11-6-7-21(19,20)10-11/h2-5,11-12,18H,6-10H2,1H3. The lowest BCUT2D eigenvalue weighted by atomic mass is 9.97. The Morgan fingerprint density at radius 3 is 2.90 bits per heavy atom. The Hall–Kier alpha value is -1.40. The fraction of sp³-hybridized carbons (Fsp3) is 0.533. The topological polar surface area (TPSA) is 72.2 Å². The molecule has 6 heteroatoms. The molecule has 0 radical (unpaired) electrons. The molecule has 1 aliphatic rings. The van der Waals surface area contributed by atoms with Crippen LogP contribution in [0.25, 0.3) is 10.9 Å². The fourth-order valence-corrected chi connectivity index (χ4v) is 5.07. The molecule has 3 rings (SSSR count). The van der Waals surface area contributed by atoms with Gasteiger partial charge in [0.05, 0.1) is 28.8 Å². The van der Waals surface area contributed by atoms with Gasteiger partial charge < -0.3 is 5.11 Å². The number of fused-ring (bicyclic) bond motifs is 1. The molecule has 1 saturated heterocycles. The number of para-hydroxylation sites is 1. The van der Waals surface area contributed by atoms with E-state index in [1.165, 1.54) is 0 Å². The van der Waals surface area contributed by atoms with Gasteiger partial charge in [-0.25, -0.2) is 8.42 Å². The van der Waals surface area contributed by atoms with E-state index in [-0.39, 0.29) is 17.4 Å². The second kappa shape index (κ2) is 5.42. The van der Waals surface area contributed by atoms with Crippen molar-refractivity contribution in [2.75, 3.05) is 11.5 Å². The van der Waals surface area contributed by atoms with Crippen molar-refractivity contribution in [1.29, 1.82) is 0 Å². The third-order valence-corrected chi connectivity index (χ3v) is 6.03. The molecule has 2 heterocycles. The minimum absolute atomic E-state index is 0.0833. The molecule has 5 nitrogen and oxygen atoms in total. The lowest BCUT2D eigenvalue weighted by Gasteiger charge is -2.13. The van der Waals surface area contributed by atoms with Gasteiger partial charge in [-0.3, -0.25) is 4.68 Å². The molecule has 0 amide bonds. The summed E-state index contributed by atoms with van der Waals surface area (Å²) in [6, 6.07) is 7.93. The molecular formula is C15H20N2O3S. The number of aliphatic hydroxyl groups is 1. The first-order valence-corrected chi connectivity index (χ1v) is 9.06. The number of aliphatic hydroxyl groups excluding tert-OH is 1. The summed E-state index contributed by atoms with van der Waals surface area (Å²) in [6.07, 6.45) is 1.13. The van der Waals surface area contributed by atoms with Crippen molar-refractivity contribution in [2.24, 2.45) is 13.0 Å². The Balaban J connectivity index is 1.71. The Morgan fingerprint density at radius 1 is 1.43 bits per heavy atom. The van der Waals surface area contributed by atoms with Gasteiger partial charge in [0.2, 0.25) is 0 Å². The summed E-state index contributed by atoms with van der Waals surface area (Å²) in [5, 5.41) is 15.8. The molecule has 0 saturated carbocycles. The molecule has 1 aromatic heterocycles. The molecule has 114 valence electrons. The number of aromatic nitrogens is 2. The first-order valence-electron chi connectivity index (χ1n) is 7.24. The van der Waals surface area contributed by atoms with E-state index in [9.17, 15) is 13.5 Å². The van der Waals surface area contributed by atoms with Gasteiger partial charge in [-0.05, 0) is 24.8 Å². The minimum Gasteiger partial charge on any atom is -0.393 e. The van der Waals surface area contributed by atoms with Gasteiger partial charge >= 0.3 is 0 Å². The van der Waals surface area contributed by atoms with Gasteiger partial charge in [-0.1, -0.05) is 18.2 Å². The van der Waals surface area contributed by atoms with Crippen LogP contribution in [-0.4, -0.2) is 40.9 Å². The molecule has 1 aliphatic heterocycles. The summed E-state index contributed by atoms with van der Waals surface area (Å²) in [6.45, 7) is 0. The molecule has 2 aromatic rings. The van der Waals surface area contributed by atoms with Gasteiger partial charge in [-0.15, -0.1) is 0 Å². The molecule has 1 fully saturated rings. The van der Waals surface area contributed by atoms with Crippen LogP contribution in [0.3, 0.4) is 0 Å². The SMILES string of the molecule is Cn1nc(CC(O)CC2CCS(=O)(=O)C2)c2ccccc21. The average molecular weight is 308 g/mol. The maximum atomic E-state index is 11.5. The largest absolute Gasteiger partial charge is 0.393 e. The van der Waals surface area contributed by atoms with Gasteiger partial charge in [0, 0.05) is 18.9 Å². The zero-order valence-electron chi connectivity index (χ0n) is 12.1. The Bertz CT molecular complexity index is 751. The summed E-state index contributed by atoms with van der Waals surface area (Å²) in [5.74, 6) is 0.559. The summed E-state index contributed by atoms with van der Waals surface area (Å²) in [5.41, 5.74) is 1.92. The van der Waals surface area contributed by atoms with Crippen LogP contribution in [0.4, 0.5) is 0 Å². The van der Waals surface area contributed by atoms with Gasteiger partial charge in [0.1, 0.15) is 0 Å². The quantitative estimate of drug-likeness (QED) is 0.924. The highest BCUT2D eigenvalue weighted by molar-refractivity contribution is 7.91. The van der Waals surface area contributed by atoms with Crippen molar-refractivity contribution < 1.29 is 13.5 Å².